The summed E-state index contributed by atoms with van der Waals surface area (Å²) in [4.78, 5) is 27.6. The lowest BCUT2D eigenvalue weighted by molar-refractivity contribution is -0.121. The molecule has 1 aliphatic rings. The first-order valence-corrected chi connectivity index (χ1v) is 10.8. The molecule has 0 spiro atoms. The zero-order valence-corrected chi connectivity index (χ0v) is 18.4. The predicted molar refractivity (Wildman–Crippen MR) is 120 cm³/mol. The van der Waals surface area contributed by atoms with Crippen molar-refractivity contribution in [3.05, 3.63) is 69.9 Å². The number of carbonyl (C=O) groups is 2. The monoisotopic (exact) mass is 457 g/mol. The number of para-hydroxylation sites is 1. The third kappa shape index (κ3) is 4.45. The van der Waals surface area contributed by atoms with Crippen LogP contribution in [0, 0.1) is 12.8 Å². The van der Waals surface area contributed by atoms with Crippen molar-refractivity contribution in [1.82, 2.24) is 10.1 Å². The van der Waals surface area contributed by atoms with Crippen molar-refractivity contribution in [2.45, 2.75) is 19.8 Å². The van der Waals surface area contributed by atoms with Crippen LogP contribution in [0.25, 0.3) is 11.3 Å². The lowest BCUT2D eigenvalue weighted by Crippen LogP contribution is -2.41. The minimum Gasteiger partial charge on any atom is -0.360 e. The predicted octanol–water partition coefficient (Wildman–Crippen LogP) is 5.45. The molecule has 4 rings (SSSR count). The highest BCUT2D eigenvalue weighted by Gasteiger charge is 2.32. The second-order valence-electron chi connectivity index (χ2n) is 7.48. The third-order valence-electron chi connectivity index (χ3n) is 5.47. The fourth-order valence-corrected chi connectivity index (χ4v) is 4.36. The Morgan fingerprint density at radius 1 is 1.03 bits per heavy atom. The van der Waals surface area contributed by atoms with Gasteiger partial charge in [-0.25, -0.2) is 0 Å². The maximum absolute atomic E-state index is 13.3. The number of hydrogen-bond acceptors (Lipinski definition) is 4. The van der Waals surface area contributed by atoms with E-state index >= 15 is 0 Å². The smallest absolute Gasteiger partial charge is 0.259 e. The molecule has 2 aromatic carbocycles. The van der Waals surface area contributed by atoms with E-state index in [2.05, 4.69) is 10.5 Å². The number of anilines is 1. The first kappa shape index (κ1) is 21.4. The van der Waals surface area contributed by atoms with Crippen LogP contribution in [-0.4, -0.2) is 35.0 Å². The zero-order chi connectivity index (χ0) is 22.0. The Hall–Kier alpha value is -2.83. The second kappa shape index (κ2) is 9.12. The van der Waals surface area contributed by atoms with Crippen molar-refractivity contribution in [2.75, 3.05) is 18.4 Å². The largest absolute Gasteiger partial charge is 0.360 e. The summed E-state index contributed by atoms with van der Waals surface area (Å²) in [7, 11) is 0. The molecular formula is C23H21Cl2N3O3. The van der Waals surface area contributed by atoms with Gasteiger partial charge in [0.15, 0.2) is 0 Å². The van der Waals surface area contributed by atoms with Crippen LogP contribution in [-0.2, 0) is 4.79 Å². The lowest BCUT2D eigenvalue weighted by Gasteiger charge is -2.31. The van der Waals surface area contributed by atoms with Crippen molar-refractivity contribution in [1.29, 1.82) is 0 Å². The fraction of sp³-hybridized carbons (Fsp3) is 0.261. The highest BCUT2D eigenvalue weighted by Crippen LogP contribution is 2.37. The second-order valence-corrected chi connectivity index (χ2v) is 8.30. The summed E-state index contributed by atoms with van der Waals surface area (Å²) < 4.78 is 5.32. The van der Waals surface area contributed by atoms with Gasteiger partial charge in [-0.15, -0.1) is 0 Å². The number of hydrogen-bond donors (Lipinski definition) is 1. The van der Waals surface area contributed by atoms with Gasteiger partial charge in [0.2, 0.25) is 5.91 Å². The summed E-state index contributed by atoms with van der Waals surface area (Å²) in [6, 6.07) is 14.5. The van der Waals surface area contributed by atoms with Gasteiger partial charge in [-0.1, -0.05) is 52.6 Å². The molecule has 8 heteroatoms. The van der Waals surface area contributed by atoms with Crippen LogP contribution in [0.1, 0.15) is 29.0 Å². The summed E-state index contributed by atoms with van der Waals surface area (Å²) in [6.07, 6.45) is 1.16. The van der Waals surface area contributed by atoms with E-state index in [4.69, 9.17) is 27.7 Å². The minimum absolute atomic E-state index is 0.0250. The average Bonchev–Trinajstić information content (AvgIpc) is 3.15. The molecule has 0 radical (unpaired) electrons. The number of benzene rings is 2. The number of amides is 2. The molecule has 3 aromatic rings. The number of halogens is 2. The number of likely N-dealkylation sites (tertiary alicyclic amines) is 1. The van der Waals surface area contributed by atoms with Crippen LogP contribution in [0.15, 0.2) is 53.1 Å². The molecule has 2 amide bonds. The number of nitrogens with zero attached hydrogens (tertiary/aromatic N) is 2. The Morgan fingerprint density at radius 3 is 2.32 bits per heavy atom. The summed E-state index contributed by atoms with van der Waals surface area (Å²) in [5, 5.41) is 7.79. The standard InChI is InChI=1S/C23H21Cl2N3O3/c1-14-19(21(27-31-14)20-17(24)8-5-9-18(20)25)23(30)28-12-10-15(11-13-28)22(29)26-16-6-3-2-4-7-16/h2-9,15H,10-13H2,1H3,(H,26,29). The number of carbonyl (C=O) groups excluding carboxylic acids is 2. The first-order chi connectivity index (χ1) is 15.0. The van der Waals surface area contributed by atoms with Crippen molar-refractivity contribution in [2.24, 2.45) is 5.92 Å². The van der Waals surface area contributed by atoms with Gasteiger partial charge in [0.25, 0.3) is 5.91 Å². The molecular weight excluding hydrogens is 437 g/mol. The molecule has 1 fully saturated rings. The van der Waals surface area contributed by atoms with E-state index in [0.29, 0.717) is 58.6 Å². The quantitative estimate of drug-likeness (QED) is 0.565. The molecule has 31 heavy (non-hydrogen) atoms. The molecule has 0 unspecified atom stereocenters. The van der Waals surface area contributed by atoms with Gasteiger partial charge in [-0.3, -0.25) is 9.59 Å². The summed E-state index contributed by atoms with van der Waals surface area (Å²) in [5.41, 5.74) is 1.93. The van der Waals surface area contributed by atoms with Crippen LogP contribution < -0.4 is 5.32 Å². The van der Waals surface area contributed by atoms with Gasteiger partial charge in [0.1, 0.15) is 17.0 Å². The van der Waals surface area contributed by atoms with E-state index in [1.807, 2.05) is 30.3 Å². The zero-order valence-electron chi connectivity index (χ0n) is 16.9. The summed E-state index contributed by atoms with van der Waals surface area (Å²) in [6.45, 7) is 2.62. The highest BCUT2D eigenvalue weighted by atomic mass is 35.5. The van der Waals surface area contributed by atoms with Crippen LogP contribution in [0.3, 0.4) is 0 Å². The van der Waals surface area contributed by atoms with Crippen molar-refractivity contribution in [3.8, 4) is 11.3 Å². The third-order valence-corrected chi connectivity index (χ3v) is 6.10. The van der Waals surface area contributed by atoms with E-state index in [9.17, 15) is 9.59 Å². The number of rotatable bonds is 4. The Balaban J connectivity index is 1.47. The first-order valence-electron chi connectivity index (χ1n) is 10.0. The van der Waals surface area contributed by atoms with Gasteiger partial charge in [-0.2, -0.15) is 0 Å². The molecule has 160 valence electrons. The topological polar surface area (TPSA) is 75.4 Å². The van der Waals surface area contributed by atoms with Crippen molar-refractivity contribution in [3.63, 3.8) is 0 Å². The maximum atomic E-state index is 13.3. The Bertz CT molecular complexity index is 1090. The Morgan fingerprint density at radius 2 is 1.68 bits per heavy atom. The normalized spacial score (nSPS) is 14.5. The minimum atomic E-state index is -0.202. The van der Waals surface area contributed by atoms with Gasteiger partial charge < -0.3 is 14.7 Å². The molecule has 6 nitrogen and oxygen atoms in total. The van der Waals surface area contributed by atoms with Gasteiger partial charge in [0, 0.05) is 30.3 Å². The maximum Gasteiger partial charge on any atom is 0.259 e. The number of aryl methyl sites for hydroxylation is 1. The van der Waals surface area contributed by atoms with Crippen molar-refractivity contribution >= 4 is 40.7 Å². The summed E-state index contributed by atoms with van der Waals surface area (Å²) in [5.74, 6) is 0.0277. The van der Waals surface area contributed by atoms with Gasteiger partial charge in [-0.05, 0) is 44.0 Å². The average molecular weight is 458 g/mol. The van der Waals surface area contributed by atoms with E-state index in [1.54, 1.807) is 30.0 Å². The lowest BCUT2D eigenvalue weighted by atomic mass is 9.95. The van der Waals surface area contributed by atoms with Gasteiger partial charge in [0.05, 0.1) is 10.0 Å². The van der Waals surface area contributed by atoms with Crippen LogP contribution in [0.2, 0.25) is 10.0 Å². The van der Waals surface area contributed by atoms with E-state index < -0.39 is 0 Å². The van der Waals surface area contributed by atoms with E-state index in [1.165, 1.54) is 0 Å². The molecule has 1 N–H and O–H groups in total. The van der Waals surface area contributed by atoms with Crippen LogP contribution >= 0.6 is 23.2 Å². The van der Waals surface area contributed by atoms with Crippen molar-refractivity contribution < 1.29 is 14.1 Å². The van der Waals surface area contributed by atoms with E-state index in [0.717, 1.165) is 5.69 Å². The Labute approximate surface area is 190 Å². The van der Waals surface area contributed by atoms with Crippen LogP contribution in [0.5, 0.6) is 0 Å². The fourth-order valence-electron chi connectivity index (χ4n) is 3.79. The molecule has 0 saturated carbocycles. The molecule has 1 aliphatic heterocycles. The SMILES string of the molecule is Cc1onc(-c2c(Cl)cccc2Cl)c1C(=O)N1CCC(C(=O)Nc2ccccc2)CC1. The summed E-state index contributed by atoms with van der Waals surface area (Å²) >= 11 is 12.6. The Kier molecular flexibility index (Phi) is 6.30. The molecule has 2 heterocycles. The molecule has 1 saturated heterocycles. The number of aromatic nitrogens is 1. The highest BCUT2D eigenvalue weighted by molar-refractivity contribution is 6.39. The molecule has 0 atom stereocenters. The molecule has 1 aromatic heterocycles. The number of nitrogens with one attached hydrogen (secondary N) is 1. The van der Waals surface area contributed by atoms with E-state index in [-0.39, 0.29) is 17.7 Å². The molecule has 0 bridgehead atoms. The van der Waals surface area contributed by atoms with Gasteiger partial charge >= 0.3 is 0 Å². The van der Waals surface area contributed by atoms with Crippen LogP contribution in [0.4, 0.5) is 5.69 Å². The molecule has 0 aliphatic carbocycles. The number of piperidine rings is 1.